The molecule has 1 fully saturated rings. The first-order chi connectivity index (χ1) is 15.0. The number of rotatable bonds is 3. The van der Waals surface area contributed by atoms with Crippen molar-refractivity contribution in [3.05, 3.63) is 53.6 Å². The molecule has 2 aromatic carbocycles. The predicted octanol–water partition coefficient (Wildman–Crippen LogP) is 8.76. The van der Waals surface area contributed by atoms with Gasteiger partial charge in [0.25, 0.3) is 0 Å². The molecule has 0 spiro atoms. The summed E-state index contributed by atoms with van der Waals surface area (Å²) in [6.45, 7) is 13.5. The van der Waals surface area contributed by atoms with Gasteiger partial charge in [-0.2, -0.15) is 0 Å². The van der Waals surface area contributed by atoms with Crippen molar-refractivity contribution in [2.45, 2.75) is 78.7 Å². The summed E-state index contributed by atoms with van der Waals surface area (Å²) in [5.41, 5.74) is 4.24. The van der Waals surface area contributed by atoms with E-state index in [0.717, 1.165) is 41.0 Å². The van der Waals surface area contributed by atoms with E-state index in [4.69, 9.17) is 22.0 Å². The number of aliphatic imine (C=N–C) groups is 1. The van der Waals surface area contributed by atoms with Crippen molar-refractivity contribution in [3.8, 4) is 16.9 Å². The molecule has 0 saturated heterocycles. The van der Waals surface area contributed by atoms with Gasteiger partial charge in [-0.1, -0.05) is 84.0 Å². The third-order valence-electron chi connectivity index (χ3n) is 6.45. The third kappa shape index (κ3) is 7.71. The Labute approximate surface area is 213 Å². The zero-order valence-corrected chi connectivity index (χ0v) is 24.2. The zero-order chi connectivity index (χ0) is 23.9. The average molecular weight is 554 g/mol. The second-order valence-corrected chi connectivity index (χ2v) is 14.5. The van der Waals surface area contributed by atoms with Gasteiger partial charge in [0.1, 0.15) is 5.75 Å². The average Bonchev–Trinajstić information content (AvgIpc) is 2.72. The van der Waals surface area contributed by atoms with Gasteiger partial charge in [0.2, 0.25) is 0 Å². The van der Waals surface area contributed by atoms with Crippen LogP contribution >= 0.6 is 17.0 Å². The molecule has 0 radical (unpaired) electrons. The van der Waals surface area contributed by atoms with Crippen LogP contribution in [0.25, 0.3) is 11.1 Å². The van der Waals surface area contributed by atoms with Gasteiger partial charge < -0.3 is 5.11 Å². The van der Waals surface area contributed by atoms with Gasteiger partial charge in [0.15, 0.2) is 0 Å². The third-order valence-corrected chi connectivity index (χ3v) is 6.45. The number of halogens is 2. The summed E-state index contributed by atoms with van der Waals surface area (Å²) in [5, 5.41) is 11.2. The predicted molar refractivity (Wildman–Crippen MR) is 137 cm³/mol. The second-order valence-electron chi connectivity index (χ2n) is 10.8. The van der Waals surface area contributed by atoms with Crippen LogP contribution < -0.4 is 0 Å². The van der Waals surface area contributed by atoms with Crippen molar-refractivity contribution in [3.63, 3.8) is 0 Å². The van der Waals surface area contributed by atoms with Gasteiger partial charge in [0.05, 0.1) is 0 Å². The fourth-order valence-corrected chi connectivity index (χ4v) is 4.48. The zero-order valence-electron chi connectivity index (χ0n) is 20.3. The molecule has 0 heterocycles. The molecule has 174 valence electrons. The standard InChI is InChI=1S/C27H37NO.2ClH.Zr/c1-26(2,3)20-12-14-21(15-13-20)28-18-23-22(19-10-8-7-9-11-19)16-17-24(25(23)29)27(4,5)6;;;/h7-11,16-18,20-21,29H,12-15H2,1-6H3;2*1H;/q;;;+2/p-2. The van der Waals surface area contributed by atoms with Gasteiger partial charge in [-0.15, -0.1) is 0 Å². The number of hydrogen-bond acceptors (Lipinski definition) is 2. The molecule has 1 aliphatic carbocycles. The SMILES string of the molecule is CC(C)(C)c1ccc(-c2ccccc2)c(C=NC2CCC(C(C)(C)C)CC2)c1O.[Cl][Zr][Cl]. The molecule has 0 atom stereocenters. The maximum absolute atomic E-state index is 11.2. The van der Waals surface area contributed by atoms with Crippen molar-refractivity contribution in [1.82, 2.24) is 0 Å². The number of nitrogens with zero attached hydrogens (tertiary/aromatic N) is 1. The summed E-state index contributed by atoms with van der Waals surface area (Å²) in [6.07, 6.45) is 6.70. The summed E-state index contributed by atoms with van der Waals surface area (Å²) in [4.78, 5) is 4.96. The van der Waals surface area contributed by atoms with Crippen molar-refractivity contribution >= 4 is 23.2 Å². The first kappa shape index (κ1) is 27.6. The van der Waals surface area contributed by atoms with Gasteiger partial charge in [-0.25, -0.2) is 0 Å². The molecule has 5 heteroatoms. The Balaban J connectivity index is 0.00000114. The molecule has 2 nitrogen and oxygen atoms in total. The van der Waals surface area contributed by atoms with Crippen molar-refractivity contribution < 1.29 is 26.0 Å². The topological polar surface area (TPSA) is 32.6 Å². The molecule has 0 bridgehead atoms. The quantitative estimate of drug-likeness (QED) is 0.379. The van der Waals surface area contributed by atoms with E-state index in [1.807, 2.05) is 24.4 Å². The van der Waals surface area contributed by atoms with Crippen LogP contribution in [0.1, 0.15) is 78.4 Å². The first-order valence-corrected chi connectivity index (χ1v) is 17.7. The maximum atomic E-state index is 11.2. The normalized spacial score (nSPS) is 19.4. The van der Waals surface area contributed by atoms with E-state index in [1.54, 1.807) is 0 Å². The number of phenolic OH excluding ortho intramolecular Hbond substituents is 1. The molecular formula is C27H37Cl2NOZr. The molecule has 2 aromatic rings. The molecule has 0 unspecified atom stereocenters. The fraction of sp³-hybridized carbons (Fsp3) is 0.519. The molecule has 1 saturated carbocycles. The molecule has 0 amide bonds. The number of hydrogen-bond donors (Lipinski definition) is 1. The first-order valence-electron chi connectivity index (χ1n) is 11.4. The van der Waals surface area contributed by atoms with E-state index in [9.17, 15) is 5.11 Å². The van der Waals surface area contributed by atoms with Crippen LogP contribution in [-0.2, 0) is 26.3 Å². The van der Waals surface area contributed by atoms with Gasteiger partial charge in [0, 0.05) is 17.8 Å². The molecule has 0 aromatic heterocycles. The summed E-state index contributed by atoms with van der Waals surface area (Å²) in [6, 6.07) is 14.8. The van der Waals surface area contributed by atoms with E-state index in [2.05, 4.69) is 65.8 Å². The number of phenols is 1. The van der Waals surface area contributed by atoms with Crippen LogP contribution in [-0.4, -0.2) is 17.4 Å². The summed E-state index contributed by atoms with van der Waals surface area (Å²) < 4.78 is 0. The molecule has 1 N–H and O–H groups in total. The van der Waals surface area contributed by atoms with Gasteiger partial charge in [-0.3, -0.25) is 4.99 Å². The molecule has 1 aliphatic rings. The summed E-state index contributed by atoms with van der Waals surface area (Å²) >= 11 is -0.826. The van der Waals surface area contributed by atoms with Crippen molar-refractivity contribution in [1.29, 1.82) is 0 Å². The van der Waals surface area contributed by atoms with Crippen LogP contribution in [0, 0.1) is 11.3 Å². The summed E-state index contributed by atoms with van der Waals surface area (Å²) in [7, 11) is 9.87. The van der Waals surface area contributed by atoms with Crippen molar-refractivity contribution in [2.24, 2.45) is 16.3 Å². The van der Waals surface area contributed by atoms with Gasteiger partial charge >= 0.3 is 37.9 Å². The van der Waals surface area contributed by atoms with Crippen LogP contribution in [0.4, 0.5) is 0 Å². The molecule has 3 rings (SSSR count). The van der Waals surface area contributed by atoms with E-state index in [-0.39, 0.29) is 5.41 Å². The van der Waals surface area contributed by atoms with Crippen LogP contribution in [0.5, 0.6) is 5.75 Å². The Bertz CT molecular complexity index is 877. The van der Waals surface area contributed by atoms with Crippen LogP contribution in [0.15, 0.2) is 47.5 Å². The van der Waals surface area contributed by atoms with Crippen molar-refractivity contribution in [2.75, 3.05) is 0 Å². The number of benzene rings is 2. The van der Waals surface area contributed by atoms with E-state index < -0.39 is 20.8 Å². The fourth-order valence-electron chi connectivity index (χ4n) is 4.48. The second kappa shape index (κ2) is 12.2. The minimum atomic E-state index is -0.826. The van der Waals surface area contributed by atoms with Crippen LogP contribution in [0.3, 0.4) is 0 Å². The van der Waals surface area contributed by atoms with E-state index in [0.29, 0.717) is 17.2 Å². The molecule has 32 heavy (non-hydrogen) atoms. The molecule has 0 aliphatic heterocycles. The Morgan fingerprint density at radius 2 is 1.47 bits per heavy atom. The summed E-state index contributed by atoms with van der Waals surface area (Å²) in [5.74, 6) is 1.15. The Morgan fingerprint density at radius 1 is 0.906 bits per heavy atom. The Kier molecular flexibility index (Phi) is 10.5. The van der Waals surface area contributed by atoms with E-state index in [1.165, 1.54) is 12.8 Å². The number of aromatic hydroxyl groups is 1. The van der Waals surface area contributed by atoms with E-state index >= 15 is 0 Å². The van der Waals surface area contributed by atoms with Crippen LogP contribution in [0.2, 0.25) is 0 Å². The Hall–Kier alpha value is -0.627. The van der Waals surface area contributed by atoms with Gasteiger partial charge in [-0.05, 0) is 59.1 Å². The monoisotopic (exact) mass is 551 g/mol. The molecular weight excluding hydrogens is 516 g/mol. The minimum absolute atomic E-state index is 0.118. The Morgan fingerprint density at radius 3 is 1.97 bits per heavy atom.